The van der Waals surface area contributed by atoms with Crippen LogP contribution < -0.4 is 17.4 Å². The van der Waals surface area contributed by atoms with Crippen LogP contribution in [0.5, 0.6) is 0 Å². The average Bonchev–Trinajstić information content (AvgIpc) is 3.28. The van der Waals surface area contributed by atoms with Crippen LogP contribution in [0.15, 0.2) is 79.0 Å². The number of benzene rings is 3. The summed E-state index contributed by atoms with van der Waals surface area (Å²) in [5.41, 5.74) is 7.26. The molecule has 0 saturated carbocycles. The molecule has 2 nitrogen and oxygen atoms in total. The van der Waals surface area contributed by atoms with Crippen LogP contribution in [0.25, 0.3) is 22.0 Å². The average molecular weight is 375 g/mol. The Morgan fingerprint density at radius 3 is 2.59 bits per heavy atom. The number of allylic oxidation sites excluding steroid dienone is 1. The maximum absolute atomic E-state index is 14.0. The second kappa shape index (κ2) is 6.86. The topological polar surface area (TPSA) is 29.8 Å². The highest BCUT2D eigenvalue weighted by Gasteiger charge is 2.24. The van der Waals surface area contributed by atoms with E-state index in [9.17, 15) is 4.39 Å². The first-order valence-corrected chi connectivity index (χ1v) is 8.57. The van der Waals surface area contributed by atoms with Gasteiger partial charge in [-0.15, -0.1) is 0 Å². The molecular formula is C23H16ClFN2. The Bertz CT molecular complexity index is 1200. The first-order valence-electron chi connectivity index (χ1n) is 8.57. The van der Waals surface area contributed by atoms with Gasteiger partial charge in [0.25, 0.3) is 0 Å². The number of hydrogen-bond acceptors (Lipinski definition) is 0. The van der Waals surface area contributed by atoms with Gasteiger partial charge >= 0.3 is 0 Å². The van der Waals surface area contributed by atoms with Gasteiger partial charge in [-0.3, -0.25) is 0 Å². The summed E-state index contributed by atoms with van der Waals surface area (Å²) in [7, 11) is 0. The van der Waals surface area contributed by atoms with Gasteiger partial charge in [-0.1, -0.05) is 42.5 Å². The molecule has 0 atom stereocenters. The molecule has 2 N–H and O–H groups in total. The molecule has 0 radical (unpaired) electrons. The van der Waals surface area contributed by atoms with Gasteiger partial charge in [0, 0.05) is 34.3 Å². The third-order valence-corrected chi connectivity index (χ3v) is 4.83. The molecule has 2 heterocycles. The van der Waals surface area contributed by atoms with Crippen molar-refractivity contribution in [2.75, 3.05) is 0 Å². The fourth-order valence-corrected chi connectivity index (χ4v) is 3.66. The molecule has 0 fully saturated rings. The van der Waals surface area contributed by atoms with Crippen molar-refractivity contribution in [1.29, 1.82) is 0 Å². The summed E-state index contributed by atoms with van der Waals surface area (Å²) < 4.78 is 14.0. The zero-order valence-corrected chi connectivity index (χ0v) is 15.1. The van der Waals surface area contributed by atoms with Crippen LogP contribution in [-0.4, -0.2) is 11.2 Å². The Hall–Kier alpha value is -3.17. The number of aromatic nitrogens is 1. The molecule has 0 unspecified atom stereocenters. The van der Waals surface area contributed by atoms with Crippen LogP contribution in [0.4, 0.5) is 10.1 Å². The second-order valence-corrected chi connectivity index (χ2v) is 6.38. The Morgan fingerprint density at radius 2 is 1.70 bits per heavy atom. The number of halogens is 2. The normalized spacial score (nSPS) is 14.1. The lowest BCUT2D eigenvalue weighted by Gasteiger charge is -2.10. The van der Waals surface area contributed by atoms with E-state index in [1.807, 2.05) is 42.7 Å². The van der Waals surface area contributed by atoms with Crippen molar-refractivity contribution in [1.82, 2.24) is 4.98 Å². The molecule has 0 aliphatic carbocycles. The van der Waals surface area contributed by atoms with Gasteiger partial charge in [-0.25, -0.2) is 9.38 Å². The lowest BCUT2D eigenvalue weighted by Crippen LogP contribution is -3.00. The predicted molar refractivity (Wildman–Crippen MR) is 104 cm³/mol. The Kier molecular flexibility index (Phi) is 4.38. The van der Waals surface area contributed by atoms with E-state index in [0.717, 1.165) is 44.4 Å². The molecule has 1 aliphatic rings. The third-order valence-electron chi connectivity index (χ3n) is 4.83. The van der Waals surface area contributed by atoms with E-state index < -0.39 is 0 Å². The van der Waals surface area contributed by atoms with Crippen LogP contribution in [0.1, 0.15) is 16.7 Å². The number of rotatable bonds is 2. The van der Waals surface area contributed by atoms with Crippen molar-refractivity contribution >= 4 is 34.0 Å². The Labute approximate surface area is 162 Å². The lowest BCUT2D eigenvalue weighted by atomic mass is 9.90. The highest BCUT2D eigenvalue weighted by atomic mass is 35.5. The first kappa shape index (κ1) is 17.3. The highest BCUT2D eigenvalue weighted by molar-refractivity contribution is 6.24. The van der Waals surface area contributed by atoms with Gasteiger partial charge in [0.15, 0.2) is 6.21 Å². The van der Waals surface area contributed by atoms with Gasteiger partial charge in [-0.05, 0) is 29.8 Å². The van der Waals surface area contributed by atoms with Crippen LogP contribution in [0.2, 0.25) is 0 Å². The molecule has 4 heteroatoms. The molecule has 1 aliphatic heterocycles. The number of para-hydroxylation sites is 2. The molecule has 27 heavy (non-hydrogen) atoms. The van der Waals surface area contributed by atoms with Gasteiger partial charge in [0.05, 0.1) is 11.1 Å². The quantitative estimate of drug-likeness (QED) is 0.526. The summed E-state index contributed by atoms with van der Waals surface area (Å²) in [4.78, 5) is 6.68. The minimum atomic E-state index is -0.236. The van der Waals surface area contributed by atoms with E-state index >= 15 is 0 Å². The minimum absolute atomic E-state index is 0. The molecule has 3 aromatic carbocycles. The SMILES string of the molecule is Fc1cccc(/C(=C2/C=[NH+]c3ccccc32)c2c[nH]c3ccccc23)c1.[Cl-]. The van der Waals surface area contributed by atoms with Gasteiger partial charge < -0.3 is 17.4 Å². The van der Waals surface area contributed by atoms with Crippen molar-refractivity contribution in [3.8, 4) is 0 Å². The number of hydrogen-bond donors (Lipinski definition) is 2. The van der Waals surface area contributed by atoms with E-state index in [4.69, 9.17) is 0 Å². The largest absolute Gasteiger partial charge is 1.00 e. The molecule has 0 saturated heterocycles. The van der Waals surface area contributed by atoms with Crippen molar-refractivity contribution in [2.24, 2.45) is 0 Å². The lowest BCUT2D eigenvalue weighted by molar-refractivity contribution is -0.342. The summed E-state index contributed by atoms with van der Waals surface area (Å²) in [6.07, 6.45) is 4.01. The Morgan fingerprint density at radius 1 is 0.889 bits per heavy atom. The molecule has 1 aromatic heterocycles. The van der Waals surface area contributed by atoms with Crippen LogP contribution >= 0.6 is 0 Å². The summed E-state index contributed by atoms with van der Waals surface area (Å²) >= 11 is 0. The van der Waals surface area contributed by atoms with Crippen molar-refractivity contribution in [2.45, 2.75) is 0 Å². The van der Waals surface area contributed by atoms with Crippen LogP contribution in [-0.2, 0) is 0 Å². The number of fused-ring (bicyclic) bond motifs is 2. The summed E-state index contributed by atoms with van der Waals surface area (Å²) in [5.74, 6) is -0.236. The molecule has 4 aromatic rings. The minimum Gasteiger partial charge on any atom is -1.00 e. The molecular weight excluding hydrogens is 359 g/mol. The van der Waals surface area contributed by atoms with Gasteiger partial charge in [0.1, 0.15) is 5.82 Å². The maximum atomic E-state index is 14.0. The first-order chi connectivity index (χ1) is 12.8. The second-order valence-electron chi connectivity index (χ2n) is 6.38. The van der Waals surface area contributed by atoms with Crippen LogP contribution in [0, 0.1) is 5.82 Å². The smallest absolute Gasteiger partial charge is 0.211 e. The highest BCUT2D eigenvalue weighted by Crippen LogP contribution is 2.37. The summed E-state index contributed by atoms with van der Waals surface area (Å²) in [6, 6.07) is 23.2. The maximum Gasteiger partial charge on any atom is 0.211 e. The molecule has 0 amide bonds. The number of nitrogens with one attached hydrogen (secondary N) is 2. The number of aromatic amines is 1. The number of H-pyrrole nitrogens is 1. The standard InChI is InChI=1S/C23H15FN2.ClH/c24-16-7-5-6-15(12-16)23(19-13-25-21-10-3-1-8-17(19)21)20-14-26-22-11-4-2-9-18(20)22;/h1-14,25H;1H/b23-20+;. The van der Waals surface area contributed by atoms with E-state index in [2.05, 4.69) is 34.2 Å². The van der Waals surface area contributed by atoms with Crippen molar-refractivity contribution in [3.63, 3.8) is 0 Å². The monoisotopic (exact) mass is 374 g/mol. The van der Waals surface area contributed by atoms with Crippen molar-refractivity contribution < 1.29 is 21.8 Å². The van der Waals surface area contributed by atoms with Crippen molar-refractivity contribution in [3.05, 3.63) is 102 Å². The Balaban J connectivity index is 0.00000180. The fraction of sp³-hybridized carbons (Fsp3) is 0. The van der Waals surface area contributed by atoms with Crippen LogP contribution in [0.3, 0.4) is 0 Å². The zero-order chi connectivity index (χ0) is 17.5. The molecule has 132 valence electrons. The fourth-order valence-electron chi connectivity index (χ4n) is 3.66. The summed E-state index contributed by atoms with van der Waals surface area (Å²) in [5, 5.41) is 1.12. The van der Waals surface area contributed by atoms with E-state index in [1.54, 1.807) is 12.1 Å². The summed E-state index contributed by atoms with van der Waals surface area (Å²) in [6.45, 7) is 0. The zero-order valence-electron chi connectivity index (χ0n) is 14.3. The van der Waals surface area contributed by atoms with Gasteiger partial charge in [-0.2, -0.15) is 0 Å². The predicted octanol–water partition coefficient (Wildman–Crippen LogP) is 1.07. The van der Waals surface area contributed by atoms with E-state index in [1.165, 1.54) is 6.07 Å². The molecule has 5 rings (SSSR count). The molecule has 0 bridgehead atoms. The van der Waals surface area contributed by atoms with Gasteiger partial charge in [0.2, 0.25) is 5.69 Å². The van der Waals surface area contributed by atoms with E-state index in [-0.39, 0.29) is 18.2 Å². The third kappa shape index (κ3) is 2.86. The van der Waals surface area contributed by atoms with E-state index in [0.29, 0.717) is 0 Å². The molecule has 0 spiro atoms.